The van der Waals surface area contributed by atoms with E-state index >= 15 is 0 Å². The molecule has 158 valence electrons. The molecule has 2 heterocycles. The van der Waals surface area contributed by atoms with Crippen LogP contribution in [0.4, 0.5) is 10.1 Å². The second-order valence-corrected chi connectivity index (χ2v) is 8.80. The number of halogens is 1. The largest absolute Gasteiger partial charge is 0.379 e. The number of morpholine rings is 1. The van der Waals surface area contributed by atoms with Gasteiger partial charge in [-0.25, -0.2) is 12.8 Å². The molecule has 8 nitrogen and oxygen atoms in total. The van der Waals surface area contributed by atoms with Gasteiger partial charge in [0.25, 0.3) is 0 Å². The minimum absolute atomic E-state index is 0.168. The monoisotopic (exact) mass is 432 g/mol. The van der Waals surface area contributed by atoms with Gasteiger partial charge in [0.15, 0.2) is 0 Å². The first kappa shape index (κ1) is 20.5. The SMILES string of the molecule is Cc1cccc(-c2noc(CNc3ccc(F)c(S(=O)(=O)N4CCOCC4)c3)n2)c1. The third-order valence-electron chi connectivity index (χ3n) is 4.71. The fourth-order valence-electron chi connectivity index (χ4n) is 3.14. The van der Waals surface area contributed by atoms with Crippen LogP contribution in [0.25, 0.3) is 11.4 Å². The maximum Gasteiger partial charge on any atom is 0.246 e. The highest BCUT2D eigenvalue weighted by molar-refractivity contribution is 7.89. The van der Waals surface area contributed by atoms with Crippen molar-refractivity contribution >= 4 is 15.7 Å². The van der Waals surface area contributed by atoms with E-state index in [0.29, 0.717) is 30.6 Å². The average Bonchev–Trinajstić information content (AvgIpc) is 3.23. The zero-order valence-corrected chi connectivity index (χ0v) is 17.2. The number of nitrogens with zero attached hydrogens (tertiary/aromatic N) is 3. The third-order valence-corrected chi connectivity index (χ3v) is 6.62. The van der Waals surface area contributed by atoms with E-state index in [9.17, 15) is 12.8 Å². The second-order valence-electron chi connectivity index (χ2n) is 6.90. The van der Waals surface area contributed by atoms with Gasteiger partial charge in [0.05, 0.1) is 19.8 Å². The summed E-state index contributed by atoms with van der Waals surface area (Å²) in [6, 6.07) is 11.6. The molecule has 1 fully saturated rings. The highest BCUT2D eigenvalue weighted by Gasteiger charge is 2.29. The van der Waals surface area contributed by atoms with Crippen molar-refractivity contribution in [2.24, 2.45) is 0 Å². The van der Waals surface area contributed by atoms with Crippen molar-refractivity contribution in [1.29, 1.82) is 0 Å². The Kier molecular flexibility index (Phi) is 5.80. The summed E-state index contributed by atoms with van der Waals surface area (Å²) in [7, 11) is -3.95. The number of benzene rings is 2. The van der Waals surface area contributed by atoms with Crippen molar-refractivity contribution < 1.29 is 22.1 Å². The molecule has 4 rings (SSSR count). The molecule has 1 saturated heterocycles. The molecule has 2 aromatic carbocycles. The van der Waals surface area contributed by atoms with Crippen LogP contribution in [0, 0.1) is 12.7 Å². The Labute approximate surface area is 173 Å². The number of ether oxygens (including phenoxy) is 1. The Morgan fingerprint density at radius 1 is 1.17 bits per heavy atom. The van der Waals surface area contributed by atoms with E-state index in [0.717, 1.165) is 17.2 Å². The van der Waals surface area contributed by atoms with E-state index in [1.807, 2.05) is 31.2 Å². The zero-order valence-electron chi connectivity index (χ0n) is 16.3. The summed E-state index contributed by atoms with van der Waals surface area (Å²) in [6.07, 6.45) is 0. The Balaban J connectivity index is 1.49. The summed E-state index contributed by atoms with van der Waals surface area (Å²) in [5.74, 6) is -0.00910. The van der Waals surface area contributed by atoms with Crippen LogP contribution >= 0.6 is 0 Å². The fourth-order valence-corrected chi connectivity index (χ4v) is 4.64. The zero-order chi connectivity index (χ0) is 21.1. The van der Waals surface area contributed by atoms with Gasteiger partial charge in [0.1, 0.15) is 10.7 Å². The van der Waals surface area contributed by atoms with E-state index in [1.165, 1.54) is 16.4 Å². The summed E-state index contributed by atoms with van der Waals surface area (Å²) in [4.78, 5) is 3.97. The predicted octanol–water partition coefficient (Wildman–Crippen LogP) is 2.82. The number of anilines is 1. The highest BCUT2D eigenvalue weighted by Crippen LogP contribution is 2.24. The summed E-state index contributed by atoms with van der Waals surface area (Å²) in [5.41, 5.74) is 2.35. The van der Waals surface area contributed by atoms with Crippen LogP contribution in [-0.4, -0.2) is 49.2 Å². The molecule has 0 amide bonds. The Hall–Kier alpha value is -2.82. The lowest BCUT2D eigenvalue weighted by molar-refractivity contribution is 0.0729. The van der Waals surface area contributed by atoms with E-state index < -0.39 is 15.8 Å². The van der Waals surface area contributed by atoms with Gasteiger partial charge in [-0.15, -0.1) is 0 Å². The number of hydrogen-bond acceptors (Lipinski definition) is 7. The summed E-state index contributed by atoms with van der Waals surface area (Å²) in [6.45, 7) is 3.12. The van der Waals surface area contributed by atoms with E-state index in [-0.39, 0.29) is 24.5 Å². The molecule has 0 radical (unpaired) electrons. The summed E-state index contributed by atoms with van der Waals surface area (Å²) in [5, 5.41) is 6.98. The van der Waals surface area contributed by atoms with Crippen molar-refractivity contribution in [3.8, 4) is 11.4 Å². The van der Waals surface area contributed by atoms with Gasteiger partial charge in [0, 0.05) is 24.3 Å². The van der Waals surface area contributed by atoms with E-state index in [2.05, 4.69) is 15.5 Å². The molecule has 10 heteroatoms. The smallest absolute Gasteiger partial charge is 0.246 e. The molecule has 1 N–H and O–H groups in total. The number of rotatable bonds is 6. The first-order chi connectivity index (χ1) is 14.4. The number of nitrogens with one attached hydrogen (secondary N) is 1. The third kappa shape index (κ3) is 4.35. The van der Waals surface area contributed by atoms with Crippen LogP contribution in [0.15, 0.2) is 51.9 Å². The van der Waals surface area contributed by atoms with Crippen molar-refractivity contribution in [1.82, 2.24) is 14.4 Å². The average molecular weight is 432 g/mol. The van der Waals surface area contributed by atoms with Crippen molar-refractivity contribution in [2.75, 3.05) is 31.6 Å². The molecular formula is C20H21FN4O4S. The number of aromatic nitrogens is 2. The lowest BCUT2D eigenvalue weighted by Crippen LogP contribution is -2.40. The van der Waals surface area contributed by atoms with Crippen LogP contribution in [0.3, 0.4) is 0 Å². The molecule has 3 aromatic rings. The molecule has 0 bridgehead atoms. The van der Waals surface area contributed by atoms with Crippen LogP contribution in [0.5, 0.6) is 0 Å². The van der Waals surface area contributed by atoms with Crippen molar-refractivity contribution in [3.63, 3.8) is 0 Å². The van der Waals surface area contributed by atoms with Gasteiger partial charge in [-0.3, -0.25) is 0 Å². The lowest BCUT2D eigenvalue weighted by atomic mass is 10.1. The van der Waals surface area contributed by atoms with Crippen LogP contribution in [0.1, 0.15) is 11.5 Å². The van der Waals surface area contributed by atoms with E-state index in [1.54, 1.807) is 0 Å². The Morgan fingerprint density at radius 2 is 1.97 bits per heavy atom. The summed E-state index contributed by atoms with van der Waals surface area (Å²) >= 11 is 0. The lowest BCUT2D eigenvalue weighted by Gasteiger charge is -2.26. The van der Waals surface area contributed by atoms with Gasteiger partial charge >= 0.3 is 0 Å². The second kappa shape index (κ2) is 8.50. The van der Waals surface area contributed by atoms with Crippen LogP contribution < -0.4 is 5.32 Å². The maximum atomic E-state index is 14.3. The highest BCUT2D eigenvalue weighted by atomic mass is 32.2. The molecule has 0 aliphatic carbocycles. The molecule has 0 atom stereocenters. The summed E-state index contributed by atoms with van der Waals surface area (Å²) < 4.78 is 51.5. The minimum atomic E-state index is -3.95. The van der Waals surface area contributed by atoms with Crippen molar-refractivity contribution in [3.05, 3.63) is 59.7 Å². The topological polar surface area (TPSA) is 97.6 Å². The first-order valence-electron chi connectivity index (χ1n) is 9.44. The number of aryl methyl sites for hydroxylation is 1. The van der Waals surface area contributed by atoms with Crippen LogP contribution in [-0.2, 0) is 21.3 Å². The van der Waals surface area contributed by atoms with Crippen LogP contribution in [0.2, 0.25) is 0 Å². The quantitative estimate of drug-likeness (QED) is 0.640. The molecule has 30 heavy (non-hydrogen) atoms. The fraction of sp³-hybridized carbons (Fsp3) is 0.300. The molecule has 0 saturated carbocycles. The van der Waals surface area contributed by atoms with Gasteiger partial charge < -0.3 is 14.6 Å². The number of sulfonamides is 1. The normalized spacial score (nSPS) is 15.3. The molecule has 0 unspecified atom stereocenters. The van der Waals surface area contributed by atoms with E-state index in [4.69, 9.17) is 9.26 Å². The Bertz CT molecular complexity index is 1140. The van der Waals surface area contributed by atoms with Gasteiger partial charge in [-0.2, -0.15) is 9.29 Å². The first-order valence-corrected chi connectivity index (χ1v) is 10.9. The molecule has 1 aliphatic rings. The maximum absolute atomic E-state index is 14.3. The van der Waals surface area contributed by atoms with Gasteiger partial charge in [-0.1, -0.05) is 28.9 Å². The minimum Gasteiger partial charge on any atom is -0.379 e. The molecule has 0 spiro atoms. The van der Waals surface area contributed by atoms with Gasteiger partial charge in [-0.05, 0) is 31.2 Å². The number of hydrogen-bond donors (Lipinski definition) is 1. The van der Waals surface area contributed by atoms with Crippen molar-refractivity contribution in [2.45, 2.75) is 18.4 Å². The van der Waals surface area contributed by atoms with Gasteiger partial charge in [0.2, 0.25) is 21.7 Å². The molecule has 1 aliphatic heterocycles. The molecule has 1 aromatic heterocycles. The standard InChI is InChI=1S/C20H21FN4O4S/c1-14-3-2-4-15(11-14)20-23-19(29-24-20)13-22-16-5-6-17(21)18(12-16)30(26,27)25-7-9-28-10-8-25/h2-6,11-12,22H,7-10,13H2,1H3. The molecular weight excluding hydrogens is 411 g/mol. The Morgan fingerprint density at radius 3 is 2.73 bits per heavy atom. The predicted molar refractivity (Wildman–Crippen MR) is 108 cm³/mol.